The predicted molar refractivity (Wildman–Crippen MR) is 70.3 cm³/mol. The van der Waals surface area contributed by atoms with E-state index < -0.39 is 0 Å². The van der Waals surface area contributed by atoms with E-state index in [0.717, 1.165) is 43.3 Å². The first-order valence-electron chi connectivity index (χ1n) is 6.57. The van der Waals surface area contributed by atoms with Gasteiger partial charge in [-0.15, -0.1) is 0 Å². The molecule has 0 aliphatic carbocycles. The second-order valence-electron chi connectivity index (χ2n) is 4.88. The number of furan rings is 1. The number of likely N-dealkylation sites (tertiary alicyclic amines) is 1. The highest BCUT2D eigenvalue weighted by Gasteiger charge is 2.17. The smallest absolute Gasteiger partial charge is 0.222 e. The van der Waals surface area contributed by atoms with Gasteiger partial charge in [-0.3, -0.25) is 4.79 Å². The Balaban J connectivity index is 1.63. The van der Waals surface area contributed by atoms with Crippen LogP contribution >= 0.6 is 0 Å². The molecule has 1 amide bonds. The van der Waals surface area contributed by atoms with E-state index >= 15 is 0 Å². The van der Waals surface area contributed by atoms with Crippen LogP contribution in [0.3, 0.4) is 0 Å². The van der Waals surface area contributed by atoms with Crippen LogP contribution in [0.2, 0.25) is 0 Å². The lowest BCUT2D eigenvalue weighted by atomic mass is 10.1. The number of carbonyl (C=O) groups is 1. The summed E-state index contributed by atoms with van der Waals surface area (Å²) in [6.07, 6.45) is 5.45. The van der Waals surface area contributed by atoms with Crippen LogP contribution in [0.15, 0.2) is 34.9 Å². The molecule has 2 aromatic rings. The van der Waals surface area contributed by atoms with Gasteiger partial charge < -0.3 is 9.32 Å². The van der Waals surface area contributed by atoms with Crippen LogP contribution in [0.4, 0.5) is 0 Å². The number of nitrogens with zero attached hydrogens (tertiary/aromatic N) is 1. The normalized spacial score (nSPS) is 15.4. The number of hydrogen-bond acceptors (Lipinski definition) is 2. The van der Waals surface area contributed by atoms with Gasteiger partial charge in [-0.05, 0) is 43.0 Å². The van der Waals surface area contributed by atoms with Crippen LogP contribution in [0, 0.1) is 0 Å². The lowest BCUT2D eigenvalue weighted by Crippen LogP contribution is -2.27. The number of aryl methyl sites for hydroxylation is 1. The van der Waals surface area contributed by atoms with Crippen LogP contribution in [0.5, 0.6) is 0 Å². The van der Waals surface area contributed by atoms with Gasteiger partial charge in [-0.1, -0.05) is 6.07 Å². The highest BCUT2D eigenvalue weighted by atomic mass is 16.3. The number of carbonyl (C=O) groups excluding carboxylic acids is 1. The van der Waals surface area contributed by atoms with E-state index in [1.165, 1.54) is 5.56 Å². The Morgan fingerprint density at radius 1 is 1.22 bits per heavy atom. The first kappa shape index (κ1) is 11.3. The average molecular weight is 243 g/mol. The van der Waals surface area contributed by atoms with Gasteiger partial charge in [0, 0.05) is 24.9 Å². The largest absolute Gasteiger partial charge is 0.464 e. The molecular weight excluding hydrogens is 226 g/mol. The van der Waals surface area contributed by atoms with Crippen LogP contribution in [-0.4, -0.2) is 23.9 Å². The van der Waals surface area contributed by atoms with E-state index in [2.05, 4.69) is 6.07 Å². The van der Waals surface area contributed by atoms with Crippen molar-refractivity contribution in [3.05, 3.63) is 36.1 Å². The van der Waals surface area contributed by atoms with Crippen molar-refractivity contribution in [2.24, 2.45) is 0 Å². The molecule has 1 aliphatic heterocycles. The quantitative estimate of drug-likeness (QED) is 0.830. The molecule has 0 bridgehead atoms. The maximum atomic E-state index is 11.9. The Hall–Kier alpha value is -1.77. The maximum Gasteiger partial charge on any atom is 0.222 e. The van der Waals surface area contributed by atoms with Crippen molar-refractivity contribution in [1.82, 2.24) is 4.90 Å². The number of benzene rings is 1. The monoisotopic (exact) mass is 243 g/mol. The standard InChI is InChI=1S/C15H17NO2/c17-15(16-8-1-2-9-16)6-4-12-3-5-14-13(11-12)7-10-18-14/h3,5,7,10-11H,1-2,4,6,8-9H2. The Morgan fingerprint density at radius 3 is 2.89 bits per heavy atom. The van der Waals surface area contributed by atoms with Gasteiger partial charge in [-0.2, -0.15) is 0 Å². The zero-order valence-corrected chi connectivity index (χ0v) is 10.4. The molecule has 0 saturated carbocycles. The Morgan fingerprint density at radius 2 is 2.06 bits per heavy atom. The van der Waals surface area contributed by atoms with E-state index in [4.69, 9.17) is 4.42 Å². The summed E-state index contributed by atoms with van der Waals surface area (Å²) in [4.78, 5) is 13.9. The topological polar surface area (TPSA) is 33.5 Å². The second-order valence-corrected chi connectivity index (χ2v) is 4.88. The van der Waals surface area contributed by atoms with E-state index in [1.807, 2.05) is 23.1 Å². The first-order chi connectivity index (χ1) is 8.83. The zero-order chi connectivity index (χ0) is 12.4. The highest BCUT2D eigenvalue weighted by Crippen LogP contribution is 2.18. The molecule has 0 spiro atoms. The average Bonchev–Trinajstić information content (AvgIpc) is 3.05. The molecule has 1 fully saturated rings. The molecular formula is C15H17NO2. The summed E-state index contributed by atoms with van der Waals surface area (Å²) in [6.45, 7) is 1.89. The molecule has 18 heavy (non-hydrogen) atoms. The van der Waals surface area contributed by atoms with Gasteiger partial charge in [0.2, 0.25) is 5.91 Å². The fourth-order valence-corrected chi connectivity index (χ4v) is 2.55. The maximum absolute atomic E-state index is 11.9. The number of amides is 1. The van der Waals surface area contributed by atoms with Gasteiger partial charge in [0.15, 0.2) is 0 Å². The third-order valence-electron chi connectivity index (χ3n) is 3.60. The molecule has 1 saturated heterocycles. The van der Waals surface area contributed by atoms with Crippen LogP contribution in [-0.2, 0) is 11.2 Å². The summed E-state index contributed by atoms with van der Waals surface area (Å²) < 4.78 is 5.30. The van der Waals surface area contributed by atoms with Gasteiger partial charge in [-0.25, -0.2) is 0 Å². The van der Waals surface area contributed by atoms with Crippen molar-refractivity contribution in [3.8, 4) is 0 Å². The van der Waals surface area contributed by atoms with E-state index in [-0.39, 0.29) is 0 Å². The number of fused-ring (bicyclic) bond motifs is 1. The van der Waals surface area contributed by atoms with Crippen molar-refractivity contribution in [1.29, 1.82) is 0 Å². The lowest BCUT2D eigenvalue weighted by molar-refractivity contribution is -0.130. The Kier molecular flexibility index (Phi) is 3.05. The Bertz CT molecular complexity index is 552. The fourth-order valence-electron chi connectivity index (χ4n) is 2.55. The van der Waals surface area contributed by atoms with Crippen LogP contribution in [0.1, 0.15) is 24.8 Å². The van der Waals surface area contributed by atoms with E-state index in [9.17, 15) is 4.79 Å². The molecule has 2 heterocycles. The molecule has 0 atom stereocenters. The molecule has 94 valence electrons. The van der Waals surface area contributed by atoms with Crippen molar-refractivity contribution in [3.63, 3.8) is 0 Å². The molecule has 0 unspecified atom stereocenters. The van der Waals surface area contributed by atoms with Crippen molar-refractivity contribution in [2.75, 3.05) is 13.1 Å². The van der Waals surface area contributed by atoms with Gasteiger partial charge in [0.1, 0.15) is 5.58 Å². The van der Waals surface area contributed by atoms with Crippen molar-refractivity contribution in [2.45, 2.75) is 25.7 Å². The Labute approximate surface area is 106 Å². The van der Waals surface area contributed by atoms with Crippen molar-refractivity contribution >= 4 is 16.9 Å². The van der Waals surface area contributed by atoms with E-state index in [1.54, 1.807) is 6.26 Å². The lowest BCUT2D eigenvalue weighted by Gasteiger charge is -2.14. The van der Waals surface area contributed by atoms with Crippen molar-refractivity contribution < 1.29 is 9.21 Å². The van der Waals surface area contributed by atoms with Gasteiger partial charge in [0.05, 0.1) is 6.26 Å². The summed E-state index contributed by atoms with van der Waals surface area (Å²) in [6, 6.07) is 8.09. The molecule has 3 heteroatoms. The first-order valence-corrected chi connectivity index (χ1v) is 6.57. The zero-order valence-electron chi connectivity index (χ0n) is 10.4. The number of rotatable bonds is 3. The SMILES string of the molecule is O=C(CCc1ccc2occc2c1)N1CCCC1. The van der Waals surface area contributed by atoms with Gasteiger partial charge in [0.25, 0.3) is 0 Å². The molecule has 1 aromatic heterocycles. The molecule has 1 aromatic carbocycles. The summed E-state index contributed by atoms with van der Waals surface area (Å²) in [5.74, 6) is 0.291. The van der Waals surface area contributed by atoms with E-state index in [0.29, 0.717) is 12.3 Å². The summed E-state index contributed by atoms with van der Waals surface area (Å²) in [5.41, 5.74) is 2.11. The summed E-state index contributed by atoms with van der Waals surface area (Å²) >= 11 is 0. The third-order valence-corrected chi connectivity index (χ3v) is 3.60. The second kappa shape index (κ2) is 4.84. The van der Waals surface area contributed by atoms with Crippen LogP contribution < -0.4 is 0 Å². The minimum absolute atomic E-state index is 0.291. The minimum atomic E-state index is 0.291. The molecule has 0 N–H and O–H groups in total. The molecule has 0 radical (unpaired) electrons. The molecule has 1 aliphatic rings. The van der Waals surface area contributed by atoms with Gasteiger partial charge >= 0.3 is 0 Å². The molecule has 3 nitrogen and oxygen atoms in total. The fraction of sp³-hybridized carbons (Fsp3) is 0.400. The summed E-state index contributed by atoms with van der Waals surface area (Å²) in [5, 5.41) is 1.11. The minimum Gasteiger partial charge on any atom is -0.464 e. The predicted octanol–water partition coefficient (Wildman–Crippen LogP) is 2.99. The third kappa shape index (κ3) is 2.26. The number of hydrogen-bond donors (Lipinski definition) is 0. The van der Waals surface area contributed by atoms with Crippen LogP contribution in [0.25, 0.3) is 11.0 Å². The molecule has 3 rings (SSSR count). The highest BCUT2D eigenvalue weighted by molar-refractivity contribution is 5.79. The summed E-state index contributed by atoms with van der Waals surface area (Å²) in [7, 11) is 0.